The zero-order valence-electron chi connectivity index (χ0n) is 13.0. The van der Waals surface area contributed by atoms with Crippen LogP contribution in [-0.4, -0.2) is 29.6 Å². The van der Waals surface area contributed by atoms with Crippen molar-refractivity contribution in [2.75, 3.05) is 13.6 Å². The summed E-state index contributed by atoms with van der Waals surface area (Å²) in [5.74, 6) is -0.894. The Morgan fingerprint density at radius 3 is 2.32 bits per heavy atom. The number of hydrogen-bond donors (Lipinski definition) is 1. The van der Waals surface area contributed by atoms with Crippen molar-refractivity contribution in [3.63, 3.8) is 0 Å². The van der Waals surface area contributed by atoms with E-state index in [1.165, 1.54) is 11.1 Å². The second-order valence-electron chi connectivity index (χ2n) is 5.58. The van der Waals surface area contributed by atoms with Crippen molar-refractivity contribution in [2.24, 2.45) is 0 Å². The summed E-state index contributed by atoms with van der Waals surface area (Å²) in [6, 6.07) is 17.3. The Kier molecular flexibility index (Phi) is 5.50. The SMILES string of the molecule is CC(=Cc1ccc(C(=O)O)cc1)CN(C)Cc1ccccc1. The molecule has 0 spiro atoms. The van der Waals surface area contributed by atoms with Crippen LogP contribution in [-0.2, 0) is 6.54 Å². The minimum atomic E-state index is -0.894. The van der Waals surface area contributed by atoms with Gasteiger partial charge in [-0.05, 0) is 37.2 Å². The van der Waals surface area contributed by atoms with E-state index >= 15 is 0 Å². The van der Waals surface area contributed by atoms with Crippen LogP contribution in [0.3, 0.4) is 0 Å². The van der Waals surface area contributed by atoms with Crippen molar-refractivity contribution in [3.05, 3.63) is 76.9 Å². The van der Waals surface area contributed by atoms with Gasteiger partial charge in [0.2, 0.25) is 0 Å². The third-order valence-electron chi connectivity index (χ3n) is 3.39. The van der Waals surface area contributed by atoms with Gasteiger partial charge in [0, 0.05) is 13.1 Å². The summed E-state index contributed by atoms with van der Waals surface area (Å²) in [6.07, 6.45) is 2.09. The Bertz CT molecular complexity index is 645. The van der Waals surface area contributed by atoms with Gasteiger partial charge in [-0.3, -0.25) is 4.90 Å². The standard InChI is InChI=1S/C19H21NO2/c1-15(12-16-8-10-18(11-9-16)19(21)22)13-20(2)14-17-6-4-3-5-7-17/h3-12H,13-14H2,1-2H3,(H,21,22). The first kappa shape index (κ1) is 16.0. The van der Waals surface area contributed by atoms with E-state index in [0.29, 0.717) is 5.56 Å². The maximum Gasteiger partial charge on any atom is 0.335 e. The Morgan fingerprint density at radius 2 is 1.73 bits per heavy atom. The van der Waals surface area contributed by atoms with Gasteiger partial charge in [0.25, 0.3) is 0 Å². The fourth-order valence-corrected chi connectivity index (χ4v) is 2.43. The van der Waals surface area contributed by atoms with Gasteiger partial charge < -0.3 is 5.11 Å². The summed E-state index contributed by atoms with van der Waals surface area (Å²) in [4.78, 5) is 13.1. The first-order valence-corrected chi connectivity index (χ1v) is 7.27. The summed E-state index contributed by atoms with van der Waals surface area (Å²) in [6.45, 7) is 3.87. The van der Waals surface area contributed by atoms with Crippen molar-refractivity contribution >= 4 is 12.0 Å². The van der Waals surface area contributed by atoms with Crippen LogP contribution in [0.4, 0.5) is 0 Å². The van der Waals surface area contributed by atoms with E-state index in [1.54, 1.807) is 12.1 Å². The van der Waals surface area contributed by atoms with Crippen LogP contribution in [0.5, 0.6) is 0 Å². The molecule has 2 rings (SSSR count). The Balaban J connectivity index is 1.95. The van der Waals surface area contributed by atoms with Crippen molar-refractivity contribution < 1.29 is 9.90 Å². The van der Waals surface area contributed by atoms with E-state index in [1.807, 2.05) is 18.2 Å². The molecule has 0 aliphatic rings. The van der Waals surface area contributed by atoms with Gasteiger partial charge in [-0.25, -0.2) is 4.79 Å². The molecule has 2 aromatic carbocycles. The van der Waals surface area contributed by atoms with Gasteiger partial charge >= 0.3 is 5.97 Å². The molecule has 0 aliphatic carbocycles. The summed E-state index contributed by atoms with van der Waals surface area (Å²) in [5, 5.41) is 8.89. The fourth-order valence-electron chi connectivity index (χ4n) is 2.43. The fraction of sp³-hybridized carbons (Fsp3) is 0.211. The molecule has 0 unspecified atom stereocenters. The molecule has 0 aromatic heterocycles. The van der Waals surface area contributed by atoms with Gasteiger partial charge in [0.1, 0.15) is 0 Å². The molecule has 0 atom stereocenters. The van der Waals surface area contributed by atoms with Crippen LogP contribution in [0.25, 0.3) is 6.08 Å². The van der Waals surface area contributed by atoms with Gasteiger partial charge in [-0.15, -0.1) is 0 Å². The number of nitrogens with zero attached hydrogens (tertiary/aromatic N) is 1. The third-order valence-corrected chi connectivity index (χ3v) is 3.39. The van der Waals surface area contributed by atoms with Crippen LogP contribution in [0.1, 0.15) is 28.4 Å². The highest BCUT2D eigenvalue weighted by Gasteiger charge is 2.03. The topological polar surface area (TPSA) is 40.5 Å². The molecule has 0 saturated heterocycles. The van der Waals surface area contributed by atoms with E-state index in [-0.39, 0.29) is 0 Å². The van der Waals surface area contributed by atoms with E-state index in [9.17, 15) is 4.79 Å². The van der Waals surface area contributed by atoms with Crippen molar-refractivity contribution in [1.82, 2.24) is 4.90 Å². The highest BCUT2D eigenvalue weighted by atomic mass is 16.4. The van der Waals surface area contributed by atoms with Crippen LogP contribution < -0.4 is 0 Å². The molecule has 0 saturated carbocycles. The molecule has 3 nitrogen and oxygen atoms in total. The molecule has 0 heterocycles. The first-order valence-electron chi connectivity index (χ1n) is 7.27. The van der Waals surface area contributed by atoms with E-state index in [2.05, 4.69) is 49.2 Å². The Morgan fingerprint density at radius 1 is 1.09 bits per heavy atom. The normalized spacial score (nSPS) is 11.7. The number of likely N-dealkylation sites (N-methyl/N-ethyl adjacent to an activating group) is 1. The van der Waals surface area contributed by atoms with Crippen LogP contribution in [0.2, 0.25) is 0 Å². The molecule has 114 valence electrons. The van der Waals surface area contributed by atoms with E-state index in [4.69, 9.17) is 5.11 Å². The molecule has 22 heavy (non-hydrogen) atoms. The second kappa shape index (κ2) is 7.57. The monoisotopic (exact) mass is 295 g/mol. The third kappa shape index (κ3) is 4.86. The maximum absolute atomic E-state index is 10.8. The summed E-state index contributed by atoms with van der Waals surface area (Å²) in [5.41, 5.74) is 3.87. The van der Waals surface area contributed by atoms with Crippen LogP contribution >= 0.6 is 0 Å². The molecule has 3 heteroatoms. The second-order valence-corrected chi connectivity index (χ2v) is 5.58. The minimum Gasteiger partial charge on any atom is -0.478 e. The highest BCUT2D eigenvalue weighted by Crippen LogP contribution is 2.11. The number of benzene rings is 2. The Hall–Kier alpha value is -2.39. The van der Waals surface area contributed by atoms with Crippen molar-refractivity contribution in [2.45, 2.75) is 13.5 Å². The molecular formula is C19H21NO2. The molecular weight excluding hydrogens is 274 g/mol. The van der Waals surface area contributed by atoms with Gasteiger partial charge in [0.05, 0.1) is 5.56 Å². The van der Waals surface area contributed by atoms with Crippen LogP contribution in [0.15, 0.2) is 60.2 Å². The van der Waals surface area contributed by atoms with Gasteiger partial charge in [-0.2, -0.15) is 0 Å². The molecule has 0 amide bonds. The molecule has 0 aliphatic heterocycles. The average molecular weight is 295 g/mol. The van der Waals surface area contributed by atoms with Crippen molar-refractivity contribution in [1.29, 1.82) is 0 Å². The Labute approximate surface area is 131 Å². The smallest absolute Gasteiger partial charge is 0.335 e. The molecule has 0 radical (unpaired) electrons. The van der Waals surface area contributed by atoms with Gasteiger partial charge in [0.15, 0.2) is 0 Å². The quantitative estimate of drug-likeness (QED) is 0.878. The predicted molar refractivity (Wildman–Crippen MR) is 89.8 cm³/mol. The average Bonchev–Trinajstić information content (AvgIpc) is 2.48. The highest BCUT2D eigenvalue weighted by molar-refractivity contribution is 5.87. The van der Waals surface area contributed by atoms with Crippen LogP contribution in [0, 0.1) is 0 Å². The summed E-state index contributed by atoms with van der Waals surface area (Å²) < 4.78 is 0. The minimum absolute atomic E-state index is 0.316. The van der Waals surface area contributed by atoms with E-state index < -0.39 is 5.97 Å². The zero-order chi connectivity index (χ0) is 15.9. The van der Waals surface area contributed by atoms with E-state index in [0.717, 1.165) is 18.7 Å². The molecule has 2 aromatic rings. The summed E-state index contributed by atoms with van der Waals surface area (Å²) >= 11 is 0. The number of rotatable bonds is 6. The number of carboxylic acid groups (broad SMARTS) is 1. The molecule has 0 fully saturated rings. The maximum atomic E-state index is 10.8. The lowest BCUT2D eigenvalue weighted by atomic mass is 10.1. The zero-order valence-corrected chi connectivity index (χ0v) is 13.0. The van der Waals surface area contributed by atoms with Gasteiger partial charge in [-0.1, -0.05) is 54.1 Å². The predicted octanol–water partition coefficient (Wildman–Crippen LogP) is 3.92. The molecule has 1 N–H and O–H groups in total. The number of carbonyl (C=O) groups is 1. The lowest BCUT2D eigenvalue weighted by Gasteiger charge is -2.17. The van der Waals surface area contributed by atoms with Crippen molar-refractivity contribution in [3.8, 4) is 0 Å². The summed E-state index contributed by atoms with van der Waals surface area (Å²) in [7, 11) is 2.10. The lowest BCUT2D eigenvalue weighted by Crippen LogP contribution is -2.19. The largest absolute Gasteiger partial charge is 0.478 e. The number of hydrogen-bond acceptors (Lipinski definition) is 2. The lowest BCUT2D eigenvalue weighted by molar-refractivity contribution is 0.0697. The number of aromatic carboxylic acids is 1. The number of carboxylic acids is 1. The first-order chi connectivity index (χ1) is 10.5. The molecule has 0 bridgehead atoms.